The quantitative estimate of drug-likeness (QED) is 0.00886. The summed E-state index contributed by atoms with van der Waals surface area (Å²) in [6, 6.07) is 20.4. The number of nitrogens with zero attached hydrogens (tertiary/aromatic N) is 5. The second kappa shape index (κ2) is 139. The Morgan fingerprint density at radius 1 is 0.465 bits per heavy atom. The predicted molar refractivity (Wildman–Crippen MR) is 629 cm³/mol. The average Bonchev–Trinajstić information content (AvgIpc) is 1.67. The molecule has 7 N–H and O–H groups in total. The molecular weight excluding hydrogens is 2330 g/mol. The fourth-order valence-corrected chi connectivity index (χ4v) is 10.4. The van der Waals surface area contributed by atoms with E-state index >= 15 is 0 Å². The standard InChI is InChI=1S/C42H58N4O6.C11H9NO3.C9H17NO2.C6H14.C4H12N2.C2H3ClO.5C2H6.18CH4.I3.I2.HI.H2/c1-3-5-7-8-9-10-11-12-18-26-44(30-34(48)32-46-41(51)37-23-15-16-24-38(37)42(46)52)28-20-19-27-43(25-17-6-4-2)29-33(47)31-45-39(49)35-21-13-14-22-36(35)40(45)50;13-10-8-3-1-2-4-9(8)11(14)12(10)5-7-6-15-7;1-8(11)6-4-3-5-7-10-9(2)12;1-3-5-6-4-2;5-3-1-2-4-6;1-2(3)4;5*1-2;;;;;;;;;;;;;;;;;;;1-3-2;1-2;;/h6,12-18,21-24,33-34,47-48H,3-5,7-11,19-20,25-32H2,1-2H3;1-4,7H,5-6H2;3-7H2,1-2H3,(H,10,12);3-6H2,1-2H3;1-6H2;1H3;5*1-2H3;18*1H4;;;2*1H/q;;;;;;;;;;;;;;;;;;;;;;;;;;;;;-1;;;/b17-6-,18-12+;;;;;;;;;;;;;;;;;;;;;;;;;;;;;;;;. The number of halogens is 7. The van der Waals surface area contributed by atoms with Crippen molar-refractivity contribution < 1.29 is 72.8 Å². The molecule has 0 bridgehead atoms. The fraction of sp³-hybridized carbons (Fsp3) is 0.696. The molecule has 4 aliphatic heterocycles. The van der Waals surface area contributed by atoms with E-state index in [1.807, 2.05) is 69.2 Å². The average molecular weight is 2550 g/mol. The van der Waals surface area contributed by atoms with Crippen LogP contribution in [-0.4, -0.2) is 191 Å². The minimum Gasteiger partial charge on any atom is -0.371 e. The molecule has 0 spiro atoms. The summed E-state index contributed by atoms with van der Waals surface area (Å²) >= 11 is 14.2. The van der Waals surface area contributed by atoms with Gasteiger partial charge in [-0.1, -0.05) is 356 Å². The Hall–Kier alpha value is -2.24. The van der Waals surface area contributed by atoms with Crippen molar-refractivity contribution in [3.8, 4) is 0 Å². The van der Waals surface area contributed by atoms with Crippen LogP contribution in [0.1, 0.15) is 443 Å². The minimum atomic E-state index is -0.901. The molecule has 3 atom stereocenters. The Labute approximate surface area is 881 Å². The molecule has 1 fully saturated rings. The van der Waals surface area contributed by atoms with Crippen LogP contribution in [0.3, 0.4) is 0 Å². The van der Waals surface area contributed by atoms with E-state index in [9.17, 15) is 53.4 Å². The molecule has 7 rings (SSSR count). The zero-order valence-electron chi connectivity index (χ0n) is 70.3. The first-order chi connectivity index (χ1) is 53.1. The predicted octanol–water partition coefficient (Wildman–Crippen LogP) is 28.9. The monoisotopic (exact) mass is 2540 g/mol. The summed E-state index contributed by atoms with van der Waals surface area (Å²) in [5.74, 6) is -1.63. The molecule has 3 aromatic carbocycles. The largest absolute Gasteiger partial charge is 0.371 e. The summed E-state index contributed by atoms with van der Waals surface area (Å²) in [6.07, 6.45) is 29.0. The number of nitrogens with one attached hydrogen (secondary N) is 1. The second-order valence-corrected chi connectivity index (χ2v) is 41.0. The molecule has 0 aliphatic carbocycles. The minimum absolute atomic E-state index is 0. The van der Waals surface area contributed by atoms with Crippen molar-refractivity contribution in [2.24, 2.45) is 11.5 Å². The zero-order chi connectivity index (χ0) is 85.0. The van der Waals surface area contributed by atoms with Crippen molar-refractivity contribution in [2.75, 3.05) is 85.1 Å². The molecule has 1 saturated heterocycles. The number of Topliss-reactive ketones (excluding diaryl/α,β-unsaturated/α-hetero) is 1. The fourth-order valence-electron chi connectivity index (χ4n) is 10.4. The van der Waals surface area contributed by atoms with Gasteiger partial charge in [0.15, 0.2) is 0 Å². The first kappa shape index (κ1) is 194. The Balaban J connectivity index is -0.0000000482. The number of fused-ring (bicyclic) bond motifs is 3. The maximum absolute atomic E-state index is 12.9. The van der Waals surface area contributed by atoms with Crippen LogP contribution in [0.15, 0.2) is 97.1 Å². The number of hydrogen-bond acceptors (Lipinski definition) is 16. The number of rotatable bonds is 39. The van der Waals surface area contributed by atoms with Gasteiger partial charge in [-0.05, 0) is 139 Å². The molecule has 20 nitrogen and oxygen atoms in total. The van der Waals surface area contributed by atoms with Gasteiger partial charge < -0.3 is 36.5 Å². The van der Waals surface area contributed by atoms with E-state index in [1.54, 1.807) is 79.7 Å². The zero-order valence-corrected chi connectivity index (χ0v) is 84.2. The number of epoxide rings is 1. The topological polar surface area (TPSA) is 287 Å². The molecule has 4 heterocycles. The molecule has 788 valence electrons. The summed E-state index contributed by atoms with van der Waals surface area (Å²) in [6.45, 7) is 39.7. The van der Waals surface area contributed by atoms with Crippen molar-refractivity contribution in [1.82, 2.24) is 29.8 Å². The van der Waals surface area contributed by atoms with Gasteiger partial charge in [0.2, 0.25) is 11.1 Å². The van der Waals surface area contributed by atoms with Gasteiger partial charge in [-0.3, -0.25) is 62.9 Å². The number of ketones is 1. The Morgan fingerprint density at radius 2 is 0.729 bits per heavy atom. The van der Waals surface area contributed by atoms with Gasteiger partial charge in [0.25, 0.3) is 35.4 Å². The number of aliphatic hydroxyl groups excluding tert-OH is 2. The van der Waals surface area contributed by atoms with Gasteiger partial charge in [-0.25, -0.2) is 0 Å². The van der Waals surface area contributed by atoms with E-state index in [-0.39, 0.29) is 231 Å². The first-order valence-electron chi connectivity index (χ1n) is 40.0. The molecule has 0 aromatic heterocycles. The number of aliphatic hydroxyl groups is 2. The summed E-state index contributed by atoms with van der Waals surface area (Å²) in [4.78, 5) is 113. The van der Waals surface area contributed by atoms with E-state index in [4.69, 9.17) is 16.2 Å². The number of benzene rings is 3. The van der Waals surface area contributed by atoms with E-state index in [0.29, 0.717) is 105 Å². The number of carbonyl (C=O) groups excluding carboxylic acids is 9. The number of carbonyl (C=O) groups is 9. The number of hydrogen-bond donors (Lipinski definition) is 5. The Bertz CT molecular complexity index is 2770. The SMILES string of the molecule is C.C.C.C.C.C.C.C.C.C.C.C.C.C.C.C.C.C.CC.CC.CC.CC.CC.CC(=O)CCCCCNC(C)=O.CC(=O)Cl.CC/C=C\CN(CCCCN(C/C=C/CCCCCCCC)CC(O)CN1C(=O)c2ccccc2C1=O)CC(O)CN1C(=O)c2ccccc2C1=O.CCCCCC.I.II.I[I-]I.NCCCCN.O=C1c2ccccc2C(=O)N1CC1CO1.[HH]. The third-order valence-corrected chi connectivity index (χ3v) is 15.6. The van der Waals surface area contributed by atoms with Gasteiger partial charge in [0, 0.05) is 91.7 Å². The van der Waals surface area contributed by atoms with E-state index in [1.165, 1.54) is 76.5 Å². The summed E-state index contributed by atoms with van der Waals surface area (Å²) in [5, 5.41) is 24.5. The van der Waals surface area contributed by atoms with Gasteiger partial charge in [-0.2, -0.15) is 0 Å². The number of imide groups is 3. The molecule has 3 unspecified atom stereocenters. The van der Waals surface area contributed by atoms with Crippen molar-refractivity contribution in [3.05, 3.63) is 130 Å². The maximum Gasteiger partial charge on any atom is 0.261 e. The first-order valence-corrected chi connectivity index (χ1v) is 59.3. The van der Waals surface area contributed by atoms with Gasteiger partial charge >= 0.3 is 50.5 Å². The van der Waals surface area contributed by atoms with Crippen LogP contribution in [0.4, 0.5) is 0 Å². The number of unbranched alkanes of at least 4 members (excludes halogenated alkanes) is 13. The number of nitrogens with two attached hydrogens (primary N) is 2. The van der Waals surface area contributed by atoms with Gasteiger partial charge in [0.05, 0.1) is 77.9 Å². The molecule has 0 radical (unpaired) electrons. The van der Waals surface area contributed by atoms with Crippen molar-refractivity contribution in [3.63, 3.8) is 0 Å². The van der Waals surface area contributed by atoms with Crippen LogP contribution in [0.2, 0.25) is 0 Å². The number of ether oxygens (including phenoxy) is 1. The Kier molecular flexibility index (Phi) is 208. The van der Waals surface area contributed by atoms with E-state index in [0.717, 1.165) is 93.6 Å². The maximum atomic E-state index is 12.9. The second-order valence-electron chi connectivity index (χ2n) is 24.2. The number of allylic oxidation sites excluding steroid dienone is 2. The molecule has 7 amide bonds. The third-order valence-electron chi connectivity index (χ3n) is 15.6. The van der Waals surface area contributed by atoms with Crippen LogP contribution >= 0.6 is 110 Å². The summed E-state index contributed by atoms with van der Waals surface area (Å²) in [5.41, 5.74) is 12.8. The van der Waals surface area contributed by atoms with E-state index in [2.05, 4.69) is 153 Å². The molecule has 4 aliphatic rings. The molecular formula is C102H218ClI6N8O12-. The van der Waals surface area contributed by atoms with Crippen molar-refractivity contribution in [2.45, 2.75) is 398 Å². The molecule has 0 saturated carbocycles. The van der Waals surface area contributed by atoms with Gasteiger partial charge in [0.1, 0.15) is 5.78 Å². The summed E-state index contributed by atoms with van der Waals surface area (Å²) < 4.78 is 5.02. The van der Waals surface area contributed by atoms with Crippen LogP contribution in [-0.2, 0) is 19.1 Å². The van der Waals surface area contributed by atoms with Crippen LogP contribution < -0.4 is 30.0 Å². The van der Waals surface area contributed by atoms with Crippen LogP contribution in [0.5, 0.6) is 0 Å². The molecule has 3 aromatic rings. The Morgan fingerprint density at radius 3 is 0.992 bits per heavy atom. The van der Waals surface area contributed by atoms with Gasteiger partial charge in [-0.15, -0.1) is 24.0 Å². The number of amides is 7. The van der Waals surface area contributed by atoms with Crippen molar-refractivity contribution in [1.29, 1.82) is 0 Å². The molecule has 27 heteroatoms. The smallest absolute Gasteiger partial charge is 0.261 e. The summed E-state index contributed by atoms with van der Waals surface area (Å²) in [7, 11) is 0. The third kappa shape index (κ3) is 98.6. The number of β-amino-alcohol motifs (C(OH)–C–C–N with tert-alkyl or cyclic N) is 2. The van der Waals surface area contributed by atoms with Crippen molar-refractivity contribution >= 4 is 162 Å². The van der Waals surface area contributed by atoms with Crippen LogP contribution in [0.25, 0.3) is 0 Å². The van der Waals surface area contributed by atoms with E-state index < -0.39 is 12.2 Å². The molecule has 129 heavy (non-hydrogen) atoms. The van der Waals surface area contributed by atoms with Crippen LogP contribution in [0, 0.1) is 0 Å². The normalized spacial score (nSPS) is 11.4.